The number of ether oxygens (including phenoxy) is 1. The van der Waals surface area contributed by atoms with Gasteiger partial charge in [-0.15, -0.1) is 0 Å². The predicted molar refractivity (Wildman–Crippen MR) is 82.1 cm³/mol. The molecule has 1 saturated carbocycles. The van der Waals surface area contributed by atoms with E-state index in [4.69, 9.17) is 9.26 Å². The Labute approximate surface area is 127 Å². The summed E-state index contributed by atoms with van der Waals surface area (Å²) in [6, 6.07) is 0.396. The molecular weight excluding hydrogens is 266 g/mol. The van der Waals surface area contributed by atoms with E-state index in [0.29, 0.717) is 11.9 Å². The van der Waals surface area contributed by atoms with Gasteiger partial charge in [-0.3, -0.25) is 0 Å². The molecule has 5 nitrogen and oxygen atoms in total. The van der Waals surface area contributed by atoms with Crippen LogP contribution in [-0.4, -0.2) is 30.3 Å². The topological polar surface area (TPSA) is 60.2 Å². The fourth-order valence-electron chi connectivity index (χ4n) is 3.18. The first-order valence-electron chi connectivity index (χ1n) is 8.19. The van der Waals surface area contributed by atoms with Crippen LogP contribution in [0.1, 0.15) is 64.1 Å². The van der Waals surface area contributed by atoms with Crippen LogP contribution in [0.3, 0.4) is 0 Å². The average Bonchev–Trinajstić information content (AvgIpc) is 2.97. The summed E-state index contributed by atoms with van der Waals surface area (Å²) in [6.45, 7) is 4.48. The van der Waals surface area contributed by atoms with Crippen LogP contribution >= 0.6 is 0 Å². The molecule has 1 heterocycles. The minimum Gasteiger partial charge on any atom is -0.370 e. The van der Waals surface area contributed by atoms with Gasteiger partial charge in [-0.05, 0) is 45.1 Å². The van der Waals surface area contributed by atoms with Crippen molar-refractivity contribution in [3.8, 4) is 0 Å². The second kappa shape index (κ2) is 7.36. The number of aromatic nitrogens is 2. The summed E-state index contributed by atoms with van der Waals surface area (Å²) in [5, 5.41) is 7.53. The van der Waals surface area contributed by atoms with E-state index in [-0.39, 0.29) is 5.60 Å². The minimum absolute atomic E-state index is 0.339. The monoisotopic (exact) mass is 295 g/mol. The second-order valence-electron chi connectivity index (χ2n) is 6.37. The lowest BCUT2D eigenvalue weighted by Crippen LogP contribution is -2.34. The van der Waals surface area contributed by atoms with Crippen molar-refractivity contribution in [2.24, 2.45) is 5.92 Å². The third-order valence-corrected chi connectivity index (χ3v) is 4.81. The number of hydrogen-bond donors (Lipinski definition) is 1. The van der Waals surface area contributed by atoms with E-state index >= 15 is 0 Å². The van der Waals surface area contributed by atoms with Crippen molar-refractivity contribution in [2.45, 2.75) is 70.4 Å². The fourth-order valence-corrected chi connectivity index (χ4v) is 3.18. The third-order valence-electron chi connectivity index (χ3n) is 4.81. The average molecular weight is 295 g/mol. The molecule has 1 atom stereocenters. The van der Waals surface area contributed by atoms with E-state index in [0.717, 1.165) is 56.7 Å². The van der Waals surface area contributed by atoms with Crippen LogP contribution in [0.5, 0.6) is 0 Å². The van der Waals surface area contributed by atoms with Crippen molar-refractivity contribution in [1.82, 2.24) is 15.5 Å². The lowest BCUT2D eigenvalue weighted by atomic mass is 9.79. The van der Waals surface area contributed by atoms with E-state index in [1.807, 2.05) is 7.05 Å². The highest BCUT2D eigenvalue weighted by molar-refractivity contribution is 5.04. The molecule has 0 amide bonds. The van der Waals surface area contributed by atoms with Gasteiger partial charge < -0.3 is 14.6 Å². The van der Waals surface area contributed by atoms with Gasteiger partial charge in [-0.1, -0.05) is 25.4 Å². The molecular formula is C16H29N3O2. The van der Waals surface area contributed by atoms with Gasteiger partial charge >= 0.3 is 0 Å². The Morgan fingerprint density at radius 1 is 1.43 bits per heavy atom. The molecule has 0 radical (unpaired) electrons. The fraction of sp³-hybridized carbons (Fsp3) is 0.875. The standard InChI is InChI=1S/C16H29N3O2/c1-5-6-13(17-3)11-14-18-15(19-21-14)16(20-4)9-7-12(2)8-10-16/h12-13,17H,5-11H2,1-4H3. The van der Waals surface area contributed by atoms with Gasteiger partial charge in [0.2, 0.25) is 11.7 Å². The molecule has 0 spiro atoms. The summed E-state index contributed by atoms with van der Waals surface area (Å²) in [6.07, 6.45) is 7.32. The first-order chi connectivity index (χ1) is 10.1. The van der Waals surface area contributed by atoms with Crippen LogP contribution in [-0.2, 0) is 16.8 Å². The molecule has 1 aliphatic carbocycles. The molecule has 1 aromatic rings. The first-order valence-corrected chi connectivity index (χ1v) is 8.19. The molecule has 1 aromatic heterocycles. The van der Waals surface area contributed by atoms with E-state index in [2.05, 4.69) is 29.3 Å². The molecule has 0 saturated heterocycles. The summed E-state index contributed by atoms with van der Waals surface area (Å²) < 4.78 is 11.3. The highest BCUT2D eigenvalue weighted by atomic mass is 16.5. The predicted octanol–water partition coefficient (Wildman–Crippen LogP) is 3.05. The zero-order chi connectivity index (χ0) is 15.3. The molecule has 2 rings (SSSR count). The van der Waals surface area contributed by atoms with Gasteiger partial charge in [0.1, 0.15) is 5.60 Å². The Bertz CT molecular complexity index is 425. The van der Waals surface area contributed by atoms with Gasteiger partial charge in [0.25, 0.3) is 0 Å². The summed E-state index contributed by atoms with van der Waals surface area (Å²) in [7, 11) is 3.75. The number of methoxy groups -OCH3 is 1. The Balaban J connectivity index is 2.07. The maximum Gasteiger partial charge on any atom is 0.228 e. The Kier molecular flexibility index (Phi) is 5.76. The maximum atomic E-state index is 5.80. The van der Waals surface area contributed by atoms with Crippen molar-refractivity contribution in [2.75, 3.05) is 14.2 Å². The highest BCUT2D eigenvalue weighted by Crippen LogP contribution is 2.40. The molecule has 1 aliphatic rings. The SMILES string of the molecule is CCCC(Cc1nc(C2(OC)CCC(C)CC2)no1)NC. The maximum absolute atomic E-state index is 5.80. The first kappa shape index (κ1) is 16.4. The zero-order valence-corrected chi connectivity index (χ0v) is 13.8. The number of nitrogens with zero attached hydrogens (tertiary/aromatic N) is 2. The quantitative estimate of drug-likeness (QED) is 0.837. The number of likely N-dealkylation sites (N-methyl/N-ethyl adjacent to an activating group) is 1. The molecule has 0 aliphatic heterocycles. The molecule has 1 N–H and O–H groups in total. The normalized spacial score (nSPS) is 27.7. The van der Waals surface area contributed by atoms with E-state index in [1.165, 1.54) is 0 Å². The van der Waals surface area contributed by atoms with Crippen molar-refractivity contribution >= 4 is 0 Å². The third kappa shape index (κ3) is 3.83. The summed E-state index contributed by atoms with van der Waals surface area (Å²) in [5.41, 5.74) is -0.339. The number of nitrogens with one attached hydrogen (secondary N) is 1. The van der Waals surface area contributed by atoms with E-state index in [1.54, 1.807) is 7.11 Å². The molecule has 1 fully saturated rings. The molecule has 120 valence electrons. The van der Waals surface area contributed by atoms with Crippen molar-refractivity contribution in [3.05, 3.63) is 11.7 Å². The van der Waals surface area contributed by atoms with Crippen LogP contribution in [0.4, 0.5) is 0 Å². The second-order valence-corrected chi connectivity index (χ2v) is 6.37. The van der Waals surface area contributed by atoms with Crippen LogP contribution in [0.15, 0.2) is 4.52 Å². The van der Waals surface area contributed by atoms with Crippen molar-refractivity contribution in [3.63, 3.8) is 0 Å². The highest BCUT2D eigenvalue weighted by Gasteiger charge is 2.40. The summed E-state index contributed by atoms with van der Waals surface area (Å²) >= 11 is 0. The molecule has 21 heavy (non-hydrogen) atoms. The smallest absolute Gasteiger partial charge is 0.228 e. The van der Waals surface area contributed by atoms with Gasteiger partial charge in [0.15, 0.2) is 0 Å². The Morgan fingerprint density at radius 3 is 2.71 bits per heavy atom. The van der Waals surface area contributed by atoms with Gasteiger partial charge in [-0.25, -0.2) is 0 Å². The van der Waals surface area contributed by atoms with Crippen molar-refractivity contribution < 1.29 is 9.26 Å². The largest absolute Gasteiger partial charge is 0.370 e. The summed E-state index contributed by atoms with van der Waals surface area (Å²) in [5.74, 6) is 2.21. The van der Waals surface area contributed by atoms with E-state index < -0.39 is 0 Å². The Hall–Kier alpha value is -0.940. The lowest BCUT2D eigenvalue weighted by Gasteiger charge is -2.35. The van der Waals surface area contributed by atoms with Gasteiger partial charge in [-0.2, -0.15) is 4.98 Å². The number of hydrogen-bond acceptors (Lipinski definition) is 5. The van der Waals surface area contributed by atoms with Crippen LogP contribution < -0.4 is 5.32 Å². The molecule has 5 heteroatoms. The zero-order valence-electron chi connectivity index (χ0n) is 13.8. The molecule has 0 aromatic carbocycles. The van der Waals surface area contributed by atoms with Gasteiger partial charge in [0.05, 0.1) is 0 Å². The molecule has 1 unspecified atom stereocenters. The molecule has 0 bridgehead atoms. The van der Waals surface area contributed by atoms with Crippen LogP contribution in [0, 0.1) is 5.92 Å². The lowest BCUT2D eigenvalue weighted by molar-refractivity contribution is -0.0609. The van der Waals surface area contributed by atoms with Gasteiger partial charge in [0, 0.05) is 19.6 Å². The minimum atomic E-state index is -0.339. The number of rotatable bonds is 7. The van der Waals surface area contributed by atoms with Crippen molar-refractivity contribution in [1.29, 1.82) is 0 Å². The van der Waals surface area contributed by atoms with Crippen LogP contribution in [0.2, 0.25) is 0 Å². The Morgan fingerprint density at radius 2 is 2.14 bits per heavy atom. The van der Waals surface area contributed by atoms with Crippen LogP contribution in [0.25, 0.3) is 0 Å². The van der Waals surface area contributed by atoms with E-state index in [9.17, 15) is 0 Å². The summed E-state index contributed by atoms with van der Waals surface area (Å²) in [4.78, 5) is 4.63.